The third-order valence-corrected chi connectivity index (χ3v) is 3.80. The lowest BCUT2D eigenvalue weighted by atomic mass is 10.2. The van der Waals surface area contributed by atoms with Crippen LogP contribution < -0.4 is 10.1 Å². The fourth-order valence-electron chi connectivity index (χ4n) is 2.02. The van der Waals surface area contributed by atoms with Gasteiger partial charge in [-0.1, -0.05) is 18.2 Å². The molecule has 1 aromatic carbocycles. The molecular formula is C16H14N2O2S. The van der Waals surface area contributed by atoms with Crippen molar-refractivity contribution in [3.8, 4) is 5.75 Å². The van der Waals surface area contributed by atoms with Gasteiger partial charge in [-0.05, 0) is 42.1 Å². The third-order valence-electron chi connectivity index (χ3n) is 2.92. The second-order valence-corrected chi connectivity index (χ2v) is 5.37. The minimum absolute atomic E-state index is 0.180. The summed E-state index contributed by atoms with van der Waals surface area (Å²) in [5.74, 6) is 1.22. The Bertz CT molecular complexity index is 718. The molecule has 1 aliphatic rings. The van der Waals surface area contributed by atoms with E-state index in [0.717, 1.165) is 16.2 Å². The first-order valence-corrected chi connectivity index (χ1v) is 7.52. The van der Waals surface area contributed by atoms with E-state index in [0.29, 0.717) is 18.1 Å². The van der Waals surface area contributed by atoms with Crippen LogP contribution in [-0.4, -0.2) is 18.3 Å². The van der Waals surface area contributed by atoms with E-state index in [1.165, 1.54) is 0 Å². The predicted molar refractivity (Wildman–Crippen MR) is 84.6 cm³/mol. The molecule has 1 N–H and O–H groups in total. The Morgan fingerprint density at radius 1 is 1.33 bits per heavy atom. The number of carbonyl (C=O) groups excluding carboxylic acids is 1. The summed E-state index contributed by atoms with van der Waals surface area (Å²) in [6.07, 6.45) is 1.76. The Kier molecular flexibility index (Phi) is 3.83. The lowest BCUT2D eigenvalue weighted by Crippen LogP contribution is -2.23. The molecule has 4 nitrogen and oxygen atoms in total. The zero-order chi connectivity index (χ0) is 14.7. The smallest absolute Gasteiger partial charge is 0.275 e. The van der Waals surface area contributed by atoms with E-state index in [1.807, 2.05) is 48.7 Å². The van der Waals surface area contributed by atoms with Gasteiger partial charge < -0.3 is 10.1 Å². The summed E-state index contributed by atoms with van der Waals surface area (Å²) in [5.41, 5.74) is 1.30. The molecule has 5 heteroatoms. The van der Waals surface area contributed by atoms with Crippen LogP contribution in [0.3, 0.4) is 0 Å². The highest BCUT2D eigenvalue weighted by molar-refractivity contribution is 7.12. The monoisotopic (exact) mass is 298 g/mol. The summed E-state index contributed by atoms with van der Waals surface area (Å²) < 4.78 is 5.45. The molecule has 21 heavy (non-hydrogen) atoms. The second kappa shape index (κ2) is 5.93. The van der Waals surface area contributed by atoms with Gasteiger partial charge in [0.25, 0.3) is 5.91 Å². The summed E-state index contributed by atoms with van der Waals surface area (Å²) >= 11 is 1.55. The number of benzene rings is 1. The number of amidine groups is 1. The fourth-order valence-corrected chi connectivity index (χ4v) is 2.69. The molecule has 3 rings (SSSR count). The van der Waals surface area contributed by atoms with Gasteiger partial charge in [0.2, 0.25) is 0 Å². The maximum atomic E-state index is 12.0. The Labute approximate surface area is 126 Å². The van der Waals surface area contributed by atoms with Crippen LogP contribution in [0.25, 0.3) is 6.08 Å². The highest BCUT2D eigenvalue weighted by atomic mass is 32.1. The SMILES string of the molecule is CCOc1cccc(/C=C2/N=C(c3cccs3)NC2=O)c1. The Balaban J connectivity index is 1.89. The van der Waals surface area contributed by atoms with Gasteiger partial charge in [-0.25, -0.2) is 4.99 Å². The van der Waals surface area contributed by atoms with Crippen LogP contribution in [-0.2, 0) is 4.79 Å². The van der Waals surface area contributed by atoms with Crippen molar-refractivity contribution < 1.29 is 9.53 Å². The quantitative estimate of drug-likeness (QED) is 0.882. The molecule has 0 spiro atoms. The summed E-state index contributed by atoms with van der Waals surface area (Å²) in [6, 6.07) is 11.5. The molecule has 2 heterocycles. The van der Waals surface area contributed by atoms with E-state index >= 15 is 0 Å². The van der Waals surface area contributed by atoms with E-state index < -0.39 is 0 Å². The van der Waals surface area contributed by atoms with Gasteiger partial charge >= 0.3 is 0 Å². The minimum Gasteiger partial charge on any atom is -0.494 e. The molecule has 1 amide bonds. The van der Waals surface area contributed by atoms with Gasteiger partial charge in [0.05, 0.1) is 11.5 Å². The number of hydrogen-bond donors (Lipinski definition) is 1. The molecule has 0 unspecified atom stereocenters. The predicted octanol–water partition coefficient (Wildman–Crippen LogP) is 3.06. The second-order valence-electron chi connectivity index (χ2n) is 4.43. The molecule has 0 fully saturated rings. The molecule has 1 aliphatic heterocycles. The standard InChI is InChI=1S/C16H14N2O2S/c1-2-20-12-6-3-5-11(9-12)10-13-16(19)18-15(17-13)14-7-4-8-21-14/h3-10H,2H2,1H3,(H,17,18,19)/b13-10+. The zero-order valence-corrected chi connectivity index (χ0v) is 12.3. The van der Waals surface area contributed by atoms with Crippen molar-refractivity contribution in [1.82, 2.24) is 5.32 Å². The summed E-state index contributed by atoms with van der Waals surface area (Å²) in [6.45, 7) is 2.55. The van der Waals surface area contributed by atoms with Crippen LogP contribution in [0.5, 0.6) is 5.75 Å². The Morgan fingerprint density at radius 3 is 3.00 bits per heavy atom. The van der Waals surface area contributed by atoms with E-state index in [-0.39, 0.29) is 5.91 Å². The lowest BCUT2D eigenvalue weighted by molar-refractivity contribution is -0.115. The molecule has 2 aromatic rings. The van der Waals surface area contributed by atoms with Crippen LogP contribution in [0.2, 0.25) is 0 Å². The topological polar surface area (TPSA) is 50.7 Å². The van der Waals surface area contributed by atoms with Gasteiger partial charge in [0.1, 0.15) is 11.4 Å². The summed E-state index contributed by atoms with van der Waals surface area (Å²) in [4.78, 5) is 17.3. The zero-order valence-electron chi connectivity index (χ0n) is 11.5. The van der Waals surface area contributed by atoms with Crippen molar-refractivity contribution in [3.05, 3.63) is 57.9 Å². The van der Waals surface area contributed by atoms with Crippen molar-refractivity contribution in [2.75, 3.05) is 6.61 Å². The van der Waals surface area contributed by atoms with Crippen molar-refractivity contribution in [1.29, 1.82) is 0 Å². The highest BCUT2D eigenvalue weighted by Crippen LogP contribution is 2.20. The minimum atomic E-state index is -0.180. The first-order valence-electron chi connectivity index (χ1n) is 6.65. The maximum Gasteiger partial charge on any atom is 0.275 e. The van der Waals surface area contributed by atoms with Crippen LogP contribution in [0.15, 0.2) is 52.5 Å². The number of carbonyl (C=O) groups is 1. The third kappa shape index (κ3) is 3.03. The van der Waals surface area contributed by atoms with Crippen LogP contribution in [0, 0.1) is 0 Å². The Morgan fingerprint density at radius 2 is 2.24 bits per heavy atom. The first kappa shape index (κ1) is 13.6. The number of nitrogens with one attached hydrogen (secondary N) is 1. The molecule has 0 saturated heterocycles. The fraction of sp³-hybridized carbons (Fsp3) is 0.125. The van der Waals surface area contributed by atoms with Crippen molar-refractivity contribution in [2.45, 2.75) is 6.92 Å². The van der Waals surface area contributed by atoms with Gasteiger partial charge in [0, 0.05) is 0 Å². The lowest BCUT2D eigenvalue weighted by Gasteiger charge is -2.03. The molecule has 1 aromatic heterocycles. The molecule has 0 aliphatic carbocycles. The van der Waals surface area contributed by atoms with Gasteiger partial charge in [0.15, 0.2) is 5.84 Å². The maximum absolute atomic E-state index is 12.0. The van der Waals surface area contributed by atoms with E-state index in [1.54, 1.807) is 17.4 Å². The normalized spacial score (nSPS) is 16.0. The average Bonchev–Trinajstić information content (AvgIpc) is 3.10. The summed E-state index contributed by atoms with van der Waals surface area (Å²) in [7, 11) is 0. The molecule has 0 atom stereocenters. The largest absolute Gasteiger partial charge is 0.494 e. The number of amides is 1. The molecule has 0 saturated carbocycles. The summed E-state index contributed by atoms with van der Waals surface area (Å²) in [5, 5.41) is 4.74. The number of rotatable bonds is 4. The first-order chi connectivity index (χ1) is 10.3. The van der Waals surface area contributed by atoms with Gasteiger partial charge in [-0.3, -0.25) is 4.79 Å². The molecule has 106 valence electrons. The van der Waals surface area contributed by atoms with Crippen molar-refractivity contribution >= 4 is 29.2 Å². The van der Waals surface area contributed by atoms with Crippen LogP contribution in [0.1, 0.15) is 17.4 Å². The number of nitrogens with zero attached hydrogens (tertiary/aromatic N) is 1. The number of ether oxygens (including phenoxy) is 1. The van der Waals surface area contributed by atoms with E-state index in [9.17, 15) is 4.79 Å². The van der Waals surface area contributed by atoms with Crippen LogP contribution >= 0.6 is 11.3 Å². The highest BCUT2D eigenvalue weighted by Gasteiger charge is 2.21. The number of hydrogen-bond acceptors (Lipinski definition) is 4. The van der Waals surface area contributed by atoms with Crippen molar-refractivity contribution in [2.24, 2.45) is 4.99 Å². The average molecular weight is 298 g/mol. The molecule has 0 radical (unpaired) electrons. The van der Waals surface area contributed by atoms with Gasteiger partial charge in [-0.15, -0.1) is 11.3 Å². The van der Waals surface area contributed by atoms with Crippen LogP contribution in [0.4, 0.5) is 0 Å². The molecule has 0 bridgehead atoms. The number of thiophene rings is 1. The number of aliphatic imine (C=N–C) groups is 1. The van der Waals surface area contributed by atoms with Crippen molar-refractivity contribution in [3.63, 3.8) is 0 Å². The van der Waals surface area contributed by atoms with E-state index in [4.69, 9.17) is 4.74 Å². The molecular weight excluding hydrogens is 284 g/mol. The van der Waals surface area contributed by atoms with E-state index in [2.05, 4.69) is 10.3 Å². The Hall–Kier alpha value is -2.40. The van der Waals surface area contributed by atoms with Gasteiger partial charge in [-0.2, -0.15) is 0 Å².